The predicted octanol–water partition coefficient (Wildman–Crippen LogP) is 1.36. The number of aliphatic hydroxyl groups is 1. The second kappa shape index (κ2) is 7.45. The Morgan fingerprint density at radius 1 is 1.39 bits per heavy atom. The summed E-state index contributed by atoms with van der Waals surface area (Å²) in [6.07, 6.45) is -1.19. The van der Waals surface area contributed by atoms with Gasteiger partial charge in [0, 0.05) is 13.1 Å². The molecular formula is C19H21N5O4. The van der Waals surface area contributed by atoms with Gasteiger partial charge in [0.1, 0.15) is 41.4 Å². The number of aliphatic hydroxyl groups excluding tert-OH is 1. The van der Waals surface area contributed by atoms with E-state index in [0.29, 0.717) is 40.7 Å². The highest BCUT2D eigenvalue weighted by Gasteiger charge is 2.31. The van der Waals surface area contributed by atoms with Gasteiger partial charge in [-0.1, -0.05) is 12.1 Å². The van der Waals surface area contributed by atoms with Crippen LogP contribution in [-0.4, -0.2) is 52.5 Å². The van der Waals surface area contributed by atoms with Crippen molar-refractivity contribution in [3.8, 4) is 11.6 Å². The van der Waals surface area contributed by atoms with Gasteiger partial charge < -0.3 is 19.5 Å². The van der Waals surface area contributed by atoms with Crippen LogP contribution >= 0.6 is 0 Å². The lowest BCUT2D eigenvalue weighted by Crippen LogP contribution is -2.48. The van der Waals surface area contributed by atoms with E-state index in [2.05, 4.69) is 20.5 Å². The number of hydrogen-bond donors (Lipinski definition) is 3. The van der Waals surface area contributed by atoms with Crippen molar-refractivity contribution in [2.75, 3.05) is 25.2 Å². The summed E-state index contributed by atoms with van der Waals surface area (Å²) in [5.41, 5.74) is 2.10. The van der Waals surface area contributed by atoms with Crippen LogP contribution in [0.4, 0.5) is 5.69 Å². The molecule has 0 fully saturated rings. The lowest BCUT2D eigenvalue weighted by Gasteiger charge is -2.22. The molecule has 3 heterocycles. The first-order chi connectivity index (χ1) is 13.6. The Morgan fingerprint density at radius 2 is 2.21 bits per heavy atom. The minimum absolute atomic E-state index is 0.0843. The molecular weight excluding hydrogens is 362 g/mol. The van der Waals surface area contributed by atoms with Crippen molar-refractivity contribution in [3.63, 3.8) is 0 Å². The maximum atomic E-state index is 12.8. The largest absolute Gasteiger partial charge is 0.489 e. The molecule has 0 saturated heterocycles. The van der Waals surface area contributed by atoms with Crippen molar-refractivity contribution in [2.45, 2.75) is 19.2 Å². The van der Waals surface area contributed by atoms with Crippen LogP contribution in [0.25, 0.3) is 11.0 Å². The molecule has 146 valence electrons. The first kappa shape index (κ1) is 18.2. The molecule has 9 heteroatoms. The van der Waals surface area contributed by atoms with Crippen molar-refractivity contribution < 1.29 is 19.4 Å². The van der Waals surface area contributed by atoms with Gasteiger partial charge in [-0.25, -0.2) is 4.98 Å². The number of benzene rings is 1. The number of fused-ring (bicyclic) bond motifs is 2. The Labute approximate surface area is 161 Å². The summed E-state index contributed by atoms with van der Waals surface area (Å²) in [4.78, 5) is 18.7. The molecule has 1 unspecified atom stereocenters. The molecule has 4 rings (SSSR count). The zero-order valence-electron chi connectivity index (χ0n) is 15.5. The summed E-state index contributed by atoms with van der Waals surface area (Å²) < 4.78 is 11.2. The fourth-order valence-corrected chi connectivity index (χ4v) is 3.16. The summed E-state index contributed by atoms with van der Waals surface area (Å²) in [6, 6.07) is 10.0. The molecule has 1 aliphatic rings. The lowest BCUT2D eigenvalue weighted by molar-refractivity contribution is -0.121. The predicted molar refractivity (Wildman–Crippen MR) is 102 cm³/mol. The number of H-pyrrole nitrogens is 1. The number of amides is 1. The molecule has 0 aliphatic carbocycles. The standard InChI is InChI=1S/C19H21N5O4/c1-3-27-15-9-8-11-16(21-15)17(23-22-11)18(25)20-12-10-28-14-7-5-4-6-13(14)24(2)19(12)26/h4-9,12,18,20,25H,3,10H2,1-2H3,(H,22,23)/t12-,18?/m0/s1. The van der Waals surface area contributed by atoms with Gasteiger partial charge in [0.15, 0.2) is 0 Å². The topological polar surface area (TPSA) is 113 Å². The van der Waals surface area contributed by atoms with Gasteiger partial charge in [-0.2, -0.15) is 5.10 Å². The van der Waals surface area contributed by atoms with E-state index in [9.17, 15) is 9.90 Å². The number of carbonyl (C=O) groups is 1. The Balaban J connectivity index is 1.57. The summed E-state index contributed by atoms with van der Waals surface area (Å²) in [5, 5.41) is 20.5. The Morgan fingerprint density at radius 3 is 3.04 bits per heavy atom. The lowest BCUT2D eigenvalue weighted by atomic mass is 10.2. The van der Waals surface area contributed by atoms with E-state index in [1.165, 1.54) is 4.90 Å². The van der Waals surface area contributed by atoms with Crippen molar-refractivity contribution in [3.05, 3.63) is 42.1 Å². The smallest absolute Gasteiger partial charge is 0.247 e. The van der Waals surface area contributed by atoms with E-state index >= 15 is 0 Å². The zero-order chi connectivity index (χ0) is 19.7. The minimum atomic E-state index is -1.19. The maximum Gasteiger partial charge on any atom is 0.247 e. The number of aromatic nitrogens is 3. The van der Waals surface area contributed by atoms with Crippen LogP contribution in [0, 0.1) is 0 Å². The highest BCUT2D eigenvalue weighted by atomic mass is 16.5. The fourth-order valence-electron chi connectivity index (χ4n) is 3.16. The third-order valence-electron chi connectivity index (χ3n) is 4.59. The number of anilines is 1. The molecule has 0 saturated carbocycles. The van der Waals surface area contributed by atoms with Crippen molar-refractivity contribution in [1.82, 2.24) is 20.5 Å². The molecule has 2 atom stereocenters. The summed E-state index contributed by atoms with van der Waals surface area (Å²) in [7, 11) is 1.68. The van der Waals surface area contributed by atoms with E-state index in [4.69, 9.17) is 9.47 Å². The quantitative estimate of drug-likeness (QED) is 0.570. The van der Waals surface area contributed by atoms with Crippen LogP contribution < -0.4 is 19.7 Å². The third kappa shape index (κ3) is 3.25. The number of carbonyl (C=O) groups excluding carboxylic acids is 1. The number of ether oxygens (including phenoxy) is 2. The maximum absolute atomic E-state index is 12.8. The number of pyridine rings is 1. The zero-order valence-corrected chi connectivity index (χ0v) is 15.5. The molecule has 1 aliphatic heterocycles. The molecule has 3 aromatic rings. The molecule has 2 aromatic heterocycles. The van der Waals surface area contributed by atoms with Crippen LogP contribution in [0.15, 0.2) is 36.4 Å². The molecule has 1 aromatic carbocycles. The average Bonchev–Trinajstić information content (AvgIpc) is 3.09. The first-order valence-electron chi connectivity index (χ1n) is 8.99. The number of aromatic amines is 1. The second-order valence-corrected chi connectivity index (χ2v) is 6.39. The molecule has 9 nitrogen and oxygen atoms in total. The van der Waals surface area contributed by atoms with Crippen molar-refractivity contribution in [1.29, 1.82) is 0 Å². The van der Waals surface area contributed by atoms with Gasteiger partial charge in [0.05, 0.1) is 12.3 Å². The highest BCUT2D eigenvalue weighted by Crippen LogP contribution is 2.30. The summed E-state index contributed by atoms with van der Waals surface area (Å²) >= 11 is 0. The average molecular weight is 383 g/mol. The Hall–Kier alpha value is -3.17. The van der Waals surface area contributed by atoms with E-state index < -0.39 is 12.3 Å². The molecule has 1 amide bonds. The van der Waals surface area contributed by atoms with Crippen LogP contribution in [0.2, 0.25) is 0 Å². The van der Waals surface area contributed by atoms with E-state index in [-0.39, 0.29) is 12.5 Å². The molecule has 0 spiro atoms. The number of hydrogen-bond acceptors (Lipinski definition) is 7. The van der Waals surface area contributed by atoms with E-state index in [0.717, 1.165) is 0 Å². The summed E-state index contributed by atoms with van der Waals surface area (Å²) in [6.45, 7) is 2.43. The van der Waals surface area contributed by atoms with Crippen LogP contribution in [0.3, 0.4) is 0 Å². The number of para-hydroxylation sites is 2. The Bertz CT molecular complexity index is 1000. The molecule has 28 heavy (non-hydrogen) atoms. The van der Waals surface area contributed by atoms with Crippen LogP contribution in [0.5, 0.6) is 11.6 Å². The van der Waals surface area contributed by atoms with E-state index in [1.807, 2.05) is 25.1 Å². The monoisotopic (exact) mass is 383 g/mol. The molecule has 3 N–H and O–H groups in total. The SMILES string of the molecule is CCOc1ccc2n[nH]c(C(O)N[C@H]3COc4ccccc4N(C)C3=O)c2n1. The minimum Gasteiger partial charge on any atom is -0.489 e. The Kier molecular flexibility index (Phi) is 4.84. The van der Waals surface area contributed by atoms with Gasteiger partial charge in [0.2, 0.25) is 11.8 Å². The van der Waals surface area contributed by atoms with Gasteiger partial charge in [0.25, 0.3) is 0 Å². The number of nitrogens with one attached hydrogen (secondary N) is 2. The first-order valence-corrected chi connectivity index (χ1v) is 8.99. The highest BCUT2D eigenvalue weighted by molar-refractivity contribution is 5.98. The number of likely N-dealkylation sites (N-methyl/N-ethyl adjacent to an activating group) is 1. The van der Waals surface area contributed by atoms with E-state index in [1.54, 1.807) is 25.2 Å². The number of rotatable bonds is 5. The third-order valence-corrected chi connectivity index (χ3v) is 4.59. The normalized spacial score (nSPS) is 17.8. The summed E-state index contributed by atoms with van der Waals surface area (Å²) in [5.74, 6) is 0.844. The van der Waals surface area contributed by atoms with Gasteiger partial charge in [-0.3, -0.25) is 15.2 Å². The second-order valence-electron chi connectivity index (χ2n) is 6.39. The fraction of sp³-hybridized carbons (Fsp3) is 0.316. The van der Waals surface area contributed by atoms with Gasteiger partial charge in [-0.15, -0.1) is 0 Å². The van der Waals surface area contributed by atoms with Crippen LogP contribution in [-0.2, 0) is 4.79 Å². The van der Waals surface area contributed by atoms with Crippen molar-refractivity contribution in [2.24, 2.45) is 0 Å². The van der Waals surface area contributed by atoms with Gasteiger partial charge in [-0.05, 0) is 25.1 Å². The number of nitrogens with zero attached hydrogens (tertiary/aromatic N) is 3. The van der Waals surface area contributed by atoms with Crippen molar-refractivity contribution >= 4 is 22.6 Å². The van der Waals surface area contributed by atoms with Crippen LogP contribution in [0.1, 0.15) is 18.8 Å². The molecule has 0 radical (unpaired) electrons. The molecule has 0 bridgehead atoms. The van der Waals surface area contributed by atoms with Gasteiger partial charge >= 0.3 is 0 Å².